The number of nitro groups is 1. The summed E-state index contributed by atoms with van der Waals surface area (Å²) in [6, 6.07) is 19.2. The topological polar surface area (TPSA) is 101 Å². The zero-order valence-electron chi connectivity index (χ0n) is 20.8. The molecule has 8 heteroatoms. The highest BCUT2D eigenvalue weighted by Gasteiger charge is 2.37. The third kappa shape index (κ3) is 6.07. The molecule has 0 aromatic heterocycles. The fourth-order valence-electron chi connectivity index (χ4n) is 4.95. The lowest BCUT2D eigenvalue weighted by Crippen LogP contribution is -2.62. The lowest BCUT2D eigenvalue weighted by Gasteiger charge is -2.35. The Bertz CT molecular complexity index is 1270. The molecule has 1 fully saturated rings. The van der Waals surface area contributed by atoms with Crippen LogP contribution in [0.25, 0.3) is 10.8 Å². The predicted octanol–water partition coefficient (Wildman–Crippen LogP) is 4.73. The van der Waals surface area contributed by atoms with Crippen LogP contribution in [0.15, 0.2) is 66.7 Å². The summed E-state index contributed by atoms with van der Waals surface area (Å²) < 4.78 is 0.320. The van der Waals surface area contributed by atoms with Crippen molar-refractivity contribution in [3.63, 3.8) is 0 Å². The molecule has 0 aliphatic carbocycles. The zero-order chi connectivity index (χ0) is 25.7. The molecule has 36 heavy (non-hydrogen) atoms. The number of carbonyl (C=O) groups excluding carboxylic acids is 2. The van der Waals surface area contributed by atoms with Crippen LogP contribution < -0.4 is 10.7 Å². The number of rotatable bonds is 9. The molecule has 0 radical (unpaired) electrons. The summed E-state index contributed by atoms with van der Waals surface area (Å²) in [6.07, 6.45) is 2.41. The molecule has 1 aliphatic rings. The first-order valence-corrected chi connectivity index (χ1v) is 12.5. The van der Waals surface area contributed by atoms with E-state index in [4.69, 9.17) is 0 Å². The van der Waals surface area contributed by atoms with Gasteiger partial charge in [-0.1, -0.05) is 56.3 Å². The van der Waals surface area contributed by atoms with Gasteiger partial charge in [-0.05, 0) is 35.2 Å². The number of carbonyl (C=O) groups is 2. The summed E-state index contributed by atoms with van der Waals surface area (Å²) in [6.45, 7) is 5.97. The van der Waals surface area contributed by atoms with E-state index in [1.54, 1.807) is 18.2 Å². The van der Waals surface area contributed by atoms with Crippen molar-refractivity contribution in [2.75, 3.05) is 13.1 Å². The summed E-state index contributed by atoms with van der Waals surface area (Å²) in [5, 5.41) is 16.2. The van der Waals surface area contributed by atoms with Crippen molar-refractivity contribution < 1.29 is 19.1 Å². The number of likely N-dealkylation sites (tertiary alicyclic amines) is 1. The summed E-state index contributed by atoms with van der Waals surface area (Å²) in [5.74, 6) is -0.320. The normalized spacial score (nSPS) is 15.5. The van der Waals surface area contributed by atoms with Gasteiger partial charge in [0.05, 0.1) is 4.92 Å². The first-order chi connectivity index (χ1) is 17.2. The number of fused-ring (bicyclic) bond motifs is 1. The number of non-ortho nitro benzene ring substituents is 1. The van der Waals surface area contributed by atoms with Gasteiger partial charge in [-0.2, -0.15) is 5.43 Å². The van der Waals surface area contributed by atoms with Crippen LogP contribution in [0.2, 0.25) is 0 Å². The van der Waals surface area contributed by atoms with Gasteiger partial charge < -0.3 is 5.32 Å². The monoisotopic (exact) mass is 489 g/mol. The minimum Gasteiger partial charge on any atom is -0.340 e. The van der Waals surface area contributed by atoms with Gasteiger partial charge in [-0.25, -0.2) is 4.59 Å². The smallest absolute Gasteiger partial charge is 0.287 e. The van der Waals surface area contributed by atoms with E-state index < -0.39 is 11.0 Å². The number of hydrogen-bond donors (Lipinski definition) is 2. The van der Waals surface area contributed by atoms with Crippen molar-refractivity contribution in [1.29, 1.82) is 0 Å². The SMILES string of the molecule is CC(C)C[C@H](NC(=O)c1ccc2ccccc2c1)C(=O)N[N+]1(Cc2cccc([N+](=O)[O-])c2)CCCC1. The lowest BCUT2D eigenvalue weighted by molar-refractivity contribution is -0.963. The number of nitrogens with one attached hydrogen (secondary N) is 2. The second-order valence-corrected chi connectivity index (χ2v) is 10.1. The van der Waals surface area contributed by atoms with E-state index in [9.17, 15) is 19.7 Å². The van der Waals surface area contributed by atoms with Gasteiger partial charge in [-0.15, -0.1) is 0 Å². The number of nitro benzene ring substituents is 1. The molecule has 0 spiro atoms. The maximum Gasteiger partial charge on any atom is 0.287 e. The van der Waals surface area contributed by atoms with E-state index in [0.29, 0.717) is 23.1 Å². The van der Waals surface area contributed by atoms with Crippen LogP contribution in [-0.2, 0) is 11.3 Å². The third-order valence-electron chi connectivity index (χ3n) is 6.72. The van der Waals surface area contributed by atoms with Crippen molar-refractivity contribution >= 4 is 28.3 Å². The largest absolute Gasteiger partial charge is 0.340 e. The average Bonchev–Trinajstić information content (AvgIpc) is 3.30. The zero-order valence-corrected chi connectivity index (χ0v) is 20.8. The number of quaternary nitrogens is 1. The van der Waals surface area contributed by atoms with Crippen molar-refractivity contribution in [3.05, 3.63) is 88.0 Å². The van der Waals surface area contributed by atoms with E-state index >= 15 is 0 Å². The van der Waals surface area contributed by atoms with Crippen LogP contribution in [-0.4, -0.2) is 40.5 Å². The molecule has 4 rings (SSSR count). The molecule has 0 unspecified atom stereocenters. The van der Waals surface area contributed by atoms with Crippen LogP contribution in [0.3, 0.4) is 0 Å². The summed E-state index contributed by atoms with van der Waals surface area (Å²) in [7, 11) is 0. The number of hydrogen-bond acceptors (Lipinski definition) is 4. The van der Waals surface area contributed by atoms with Gasteiger partial charge >= 0.3 is 0 Å². The van der Waals surface area contributed by atoms with Gasteiger partial charge in [0.1, 0.15) is 25.7 Å². The average molecular weight is 490 g/mol. The molecule has 0 saturated carbocycles. The summed E-state index contributed by atoms with van der Waals surface area (Å²) in [5.41, 5.74) is 4.54. The highest BCUT2D eigenvalue weighted by Crippen LogP contribution is 2.24. The van der Waals surface area contributed by atoms with E-state index in [2.05, 4.69) is 10.7 Å². The maximum atomic E-state index is 13.5. The van der Waals surface area contributed by atoms with Gasteiger partial charge in [-0.3, -0.25) is 19.7 Å². The van der Waals surface area contributed by atoms with Crippen LogP contribution in [0.5, 0.6) is 0 Å². The number of nitrogens with zero attached hydrogens (tertiary/aromatic N) is 2. The van der Waals surface area contributed by atoms with Gasteiger partial charge in [0.15, 0.2) is 0 Å². The molecule has 1 atom stereocenters. The maximum absolute atomic E-state index is 13.5. The molecular weight excluding hydrogens is 456 g/mol. The summed E-state index contributed by atoms with van der Waals surface area (Å²) >= 11 is 0. The second-order valence-electron chi connectivity index (χ2n) is 10.1. The molecule has 1 aliphatic heterocycles. The molecule has 188 valence electrons. The Balaban J connectivity index is 1.51. The van der Waals surface area contributed by atoms with E-state index in [1.807, 2.05) is 56.3 Å². The van der Waals surface area contributed by atoms with E-state index in [0.717, 1.165) is 42.3 Å². The molecule has 0 bridgehead atoms. The fraction of sp³-hybridized carbons (Fsp3) is 0.357. The molecule has 8 nitrogen and oxygen atoms in total. The lowest BCUT2D eigenvalue weighted by atomic mass is 10.0. The quantitative estimate of drug-likeness (QED) is 0.258. The van der Waals surface area contributed by atoms with Crippen molar-refractivity contribution in [1.82, 2.24) is 10.7 Å². The van der Waals surface area contributed by atoms with E-state index in [-0.39, 0.29) is 23.4 Å². The fourth-order valence-corrected chi connectivity index (χ4v) is 4.95. The number of benzene rings is 3. The molecule has 2 N–H and O–H groups in total. The highest BCUT2D eigenvalue weighted by atomic mass is 16.6. The Morgan fingerprint density at radius 1 is 0.972 bits per heavy atom. The molecule has 3 aromatic carbocycles. The Morgan fingerprint density at radius 3 is 2.39 bits per heavy atom. The van der Waals surface area contributed by atoms with Crippen LogP contribution >= 0.6 is 0 Å². The van der Waals surface area contributed by atoms with Crippen molar-refractivity contribution in [3.8, 4) is 0 Å². The van der Waals surface area contributed by atoms with E-state index in [1.165, 1.54) is 6.07 Å². The van der Waals surface area contributed by atoms with Gasteiger partial charge in [0.2, 0.25) is 0 Å². The van der Waals surface area contributed by atoms with Crippen molar-refractivity contribution in [2.45, 2.75) is 45.7 Å². The Labute approximate surface area is 211 Å². The first-order valence-electron chi connectivity index (χ1n) is 12.5. The predicted molar refractivity (Wildman–Crippen MR) is 139 cm³/mol. The Morgan fingerprint density at radius 2 is 1.69 bits per heavy atom. The molecular formula is C28H33N4O4+. The minimum absolute atomic E-state index is 0.0384. The Hall–Kier alpha value is -3.78. The highest BCUT2D eigenvalue weighted by molar-refractivity contribution is 6.00. The summed E-state index contributed by atoms with van der Waals surface area (Å²) in [4.78, 5) is 37.5. The third-order valence-corrected chi connectivity index (χ3v) is 6.72. The van der Waals surface area contributed by atoms with Crippen molar-refractivity contribution in [2.24, 2.45) is 5.92 Å². The number of amides is 2. The molecule has 1 heterocycles. The Kier molecular flexibility index (Phi) is 7.64. The molecule has 1 saturated heterocycles. The van der Waals surface area contributed by atoms with Gasteiger partial charge in [0.25, 0.3) is 17.5 Å². The minimum atomic E-state index is -0.690. The molecule has 3 aromatic rings. The second kappa shape index (κ2) is 10.9. The van der Waals surface area contributed by atoms with Crippen LogP contribution in [0.4, 0.5) is 5.69 Å². The molecule has 2 amide bonds. The van der Waals surface area contributed by atoms with Crippen LogP contribution in [0.1, 0.15) is 49.0 Å². The van der Waals surface area contributed by atoms with Crippen LogP contribution in [0, 0.1) is 16.0 Å². The standard InChI is InChI=1S/C28H32N4O4/c1-20(2)16-26(29-27(33)24-13-12-22-9-3-4-10-23(22)18-24)28(34)30-32(14-5-6-15-32)19-21-8-7-11-25(17-21)31(35)36/h3-4,7-13,17-18,20,26H,5-6,14-16,19H2,1-2H3,(H-,29,30,33,34)/p+1/t26-/m0/s1. The van der Waals surface area contributed by atoms with Gasteiger partial charge in [0, 0.05) is 36.1 Å². The first kappa shape index (κ1) is 25.3.